The number of carbonyl (C=O) groups is 1. The number of benzene rings is 1. The first-order chi connectivity index (χ1) is 9.72. The largest absolute Gasteiger partial charge is 0.308 e. The van der Waals surface area contributed by atoms with Gasteiger partial charge in [0.15, 0.2) is 11.0 Å². The first-order valence-corrected chi connectivity index (χ1v) is 7.03. The molecule has 20 heavy (non-hydrogen) atoms. The molecule has 6 heteroatoms. The fraction of sp³-hybridized carbons (Fsp3) is 0.357. The fourth-order valence-corrected chi connectivity index (χ4v) is 2.13. The summed E-state index contributed by atoms with van der Waals surface area (Å²) in [6.45, 7) is 1.16. The molecular formula is C14H15ClN4O. The van der Waals surface area contributed by atoms with E-state index >= 15 is 0 Å². The molecule has 1 aliphatic rings. The van der Waals surface area contributed by atoms with Crippen molar-refractivity contribution in [2.45, 2.75) is 12.8 Å². The Morgan fingerprint density at radius 2 is 1.95 bits per heavy atom. The highest BCUT2D eigenvalue weighted by molar-refractivity contribution is 6.32. The summed E-state index contributed by atoms with van der Waals surface area (Å²) in [5.74, 6) is 0.896. The van der Waals surface area contributed by atoms with Gasteiger partial charge >= 0.3 is 0 Å². The average molecular weight is 291 g/mol. The van der Waals surface area contributed by atoms with Crippen molar-refractivity contribution in [1.82, 2.24) is 15.3 Å². The van der Waals surface area contributed by atoms with Gasteiger partial charge in [-0.25, -0.2) is 9.97 Å². The highest BCUT2D eigenvalue weighted by Crippen LogP contribution is 2.27. The number of hydrogen-bond donors (Lipinski definition) is 2. The van der Waals surface area contributed by atoms with Crippen LogP contribution in [-0.4, -0.2) is 29.0 Å². The van der Waals surface area contributed by atoms with Crippen LogP contribution < -0.4 is 10.6 Å². The minimum Gasteiger partial charge on any atom is -0.308 e. The maximum Gasteiger partial charge on any atom is 0.239 e. The summed E-state index contributed by atoms with van der Waals surface area (Å²) < 4.78 is 0. The summed E-state index contributed by atoms with van der Waals surface area (Å²) in [5.41, 5.74) is 1.42. The number of anilines is 1. The number of amides is 1. The zero-order chi connectivity index (χ0) is 13.9. The van der Waals surface area contributed by atoms with Crippen molar-refractivity contribution >= 4 is 34.4 Å². The molecule has 1 amide bonds. The number of nitrogens with one attached hydrogen (secondary N) is 2. The number of para-hydroxylation sites is 2. The van der Waals surface area contributed by atoms with Gasteiger partial charge < -0.3 is 10.6 Å². The molecule has 2 N–H and O–H groups in total. The van der Waals surface area contributed by atoms with Gasteiger partial charge in [-0.05, 0) is 37.4 Å². The lowest BCUT2D eigenvalue weighted by atomic mass is 10.3. The lowest BCUT2D eigenvalue weighted by Gasteiger charge is -2.08. The number of hydrogen-bond acceptors (Lipinski definition) is 4. The third-order valence-corrected chi connectivity index (χ3v) is 3.46. The van der Waals surface area contributed by atoms with Gasteiger partial charge in [0.25, 0.3) is 0 Å². The molecule has 1 heterocycles. The number of rotatable bonds is 5. The van der Waals surface area contributed by atoms with Crippen LogP contribution in [0.1, 0.15) is 12.8 Å². The number of fused-ring (bicyclic) bond motifs is 1. The van der Waals surface area contributed by atoms with E-state index in [-0.39, 0.29) is 17.6 Å². The van der Waals surface area contributed by atoms with Gasteiger partial charge in [-0.3, -0.25) is 4.79 Å². The Labute approximate surface area is 121 Å². The van der Waals surface area contributed by atoms with Crippen molar-refractivity contribution in [2.24, 2.45) is 5.92 Å². The van der Waals surface area contributed by atoms with Crippen LogP contribution in [0.4, 0.5) is 5.82 Å². The monoisotopic (exact) mass is 290 g/mol. The molecule has 1 aliphatic carbocycles. The van der Waals surface area contributed by atoms with E-state index in [9.17, 15) is 4.79 Å². The van der Waals surface area contributed by atoms with Crippen molar-refractivity contribution in [3.8, 4) is 0 Å². The SMILES string of the molecule is O=C(CNCC1CC1)Nc1nc2ccccc2nc1Cl. The predicted molar refractivity (Wildman–Crippen MR) is 78.8 cm³/mol. The lowest BCUT2D eigenvalue weighted by Crippen LogP contribution is -2.29. The molecule has 0 saturated heterocycles. The molecule has 104 valence electrons. The molecule has 0 unspecified atom stereocenters. The zero-order valence-electron chi connectivity index (χ0n) is 10.9. The Morgan fingerprint density at radius 3 is 2.65 bits per heavy atom. The third kappa shape index (κ3) is 3.23. The molecule has 1 fully saturated rings. The molecule has 3 rings (SSSR count). The van der Waals surface area contributed by atoms with Gasteiger partial charge in [0.2, 0.25) is 5.91 Å². The number of halogens is 1. The Bertz CT molecular complexity index is 642. The average Bonchev–Trinajstić information content (AvgIpc) is 3.24. The van der Waals surface area contributed by atoms with Crippen molar-refractivity contribution in [2.75, 3.05) is 18.4 Å². The molecule has 0 radical (unpaired) electrons. The van der Waals surface area contributed by atoms with E-state index in [1.54, 1.807) is 0 Å². The van der Waals surface area contributed by atoms with Crippen molar-refractivity contribution < 1.29 is 4.79 Å². The molecule has 5 nitrogen and oxygen atoms in total. The highest BCUT2D eigenvalue weighted by atomic mass is 35.5. The standard InChI is InChI=1S/C14H15ClN4O/c15-13-14(18-11-4-2-1-3-10(11)17-13)19-12(20)8-16-7-9-5-6-9/h1-4,9,16H,5-8H2,(H,18,19,20). The van der Waals surface area contributed by atoms with Crippen LogP contribution in [0.5, 0.6) is 0 Å². The summed E-state index contributed by atoms with van der Waals surface area (Å²) >= 11 is 6.03. The summed E-state index contributed by atoms with van der Waals surface area (Å²) in [4.78, 5) is 20.3. The van der Waals surface area contributed by atoms with Crippen LogP contribution in [-0.2, 0) is 4.79 Å². The Hall–Kier alpha value is -1.72. The quantitative estimate of drug-likeness (QED) is 0.886. The summed E-state index contributed by atoms with van der Waals surface area (Å²) in [5, 5.41) is 6.02. The van der Waals surface area contributed by atoms with Crippen LogP contribution in [0, 0.1) is 5.92 Å². The van der Waals surface area contributed by atoms with E-state index in [2.05, 4.69) is 20.6 Å². The van der Waals surface area contributed by atoms with Gasteiger partial charge in [0.05, 0.1) is 17.6 Å². The van der Waals surface area contributed by atoms with Gasteiger partial charge in [0.1, 0.15) is 0 Å². The summed E-state index contributed by atoms with van der Waals surface area (Å²) in [6, 6.07) is 7.40. The minimum atomic E-state index is -0.155. The number of carbonyl (C=O) groups excluding carboxylic acids is 1. The zero-order valence-corrected chi connectivity index (χ0v) is 11.7. The second kappa shape index (κ2) is 5.73. The predicted octanol–water partition coefficient (Wildman–Crippen LogP) is 2.22. The second-order valence-electron chi connectivity index (χ2n) is 4.97. The molecule has 0 aliphatic heterocycles. The molecule has 0 bridgehead atoms. The molecule has 1 aromatic heterocycles. The van der Waals surface area contributed by atoms with Crippen LogP contribution in [0.3, 0.4) is 0 Å². The van der Waals surface area contributed by atoms with E-state index in [1.165, 1.54) is 12.8 Å². The van der Waals surface area contributed by atoms with Crippen molar-refractivity contribution in [1.29, 1.82) is 0 Å². The number of nitrogens with zero attached hydrogens (tertiary/aromatic N) is 2. The molecule has 1 aromatic carbocycles. The van der Waals surface area contributed by atoms with Gasteiger partial charge in [-0.15, -0.1) is 0 Å². The molecule has 2 aromatic rings. The van der Waals surface area contributed by atoms with E-state index in [4.69, 9.17) is 11.6 Å². The van der Waals surface area contributed by atoms with Crippen molar-refractivity contribution in [3.63, 3.8) is 0 Å². The van der Waals surface area contributed by atoms with Crippen LogP contribution in [0.2, 0.25) is 5.15 Å². The summed E-state index contributed by atoms with van der Waals surface area (Å²) in [7, 11) is 0. The maximum atomic E-state index is 11.8. The third-order valence-electron chi connectivity index (χ3n) is 3.20. The molecule has 1 saturated carbocycles. The van der Waals surface area contributed by atoms with Crippen LogP contribution in [0.25, 0.3) is 11.0 Å². The first-order valence-electron chi connectivity index (χ1n) is 6.65. The molecule has 0 spiro atoms. The van der Waals surface area contributed by atoms with E-state index in [0.717, 1.165) is 12.5 Å². The Morgan fingerprint density at radius 1 is 1.25 bits per heavy atom. The normalized spacial score (nSPS) is 14.4. The molecule has 0 atom stereocenters. The lowest BCUT2D eigenvalue weighted by molar-refractivity contribution is -0.115. The van der Waals surface area contributed by atoms with Crippen molar-refractivity contribution in [3.05, 3.63) is 29.4 Å². The van der Waals surface area contributed by atoms with E-state index < -0.39 is 0 Å². The second-order valence-corrected chi connectivity index (χ2v) is 5.33. The number of aromatic nitrogens is 2. The Kier molecular flexibility index (Phi) is 3.80. The topological polar surface area (TPSA) is 66.9 Å². The minimum absolute atomic E-state index is 0.155. The van der Waals surface area contributed by atoms with E-state index in [1.807, 2.05) is 24.3 Å². The first kappa shape index (κ1) is 13.3. The smallest absolute Gasteiger partial charge is 0.239 e. The van der Waals surface area contributed by atoms with Gasteiger partial charge in [-0.2, -0.15) is 0 Å². The van der Waals surface area contributed by atoms with Crippen LogP contribution in [0.15, 0.2) is 24.3 Å². The van der Waals surface area contributed by atoms with Gasteiger partial charge in [-0.1, -0.05) is 23.7 Å². The fourth-order valence-electron chi connectivity index (χ4n) is 1.95. The maximum absolute atomic E-state index is 11.8. The highest BCUT2D eigenvalue weighted by Gasteiger charge is 2.20. The Balaban J connectivity index is 1.66. The van der Waals surface area contributed by atoms with E-state index in [0.29, 0.717) is 16.9 Å². The van der Waals surface area contributed by atoms with Gasteiger partial charge in [0, 0.05) is 0 Å². The van der Waals surface area contributed by atoms with Crippen LogP contribution >= 0.6 is 11.6 Å². The molecular weight excluding hydrogens is 276 g/mol. The summed E-state index contributed by atoms with van der Waals surface area (Å²) in [6.07, 6.45) is 2.52.